The van der Waals surface area contributed by atoms with E-state index in [9.17, 15) is 4.39 Å². The van der Waals surface area contributed by atoms with Crippen LogP contribution in [0.1, 0.15) is 38.8 Å². The molecule has 1 rings (SSSR count). The summed E-state index contributed by atoms with van der Waals surface area (Å²) < 4.78 is 18.7. The molecule has 98 valence electrons. The molecule has 0 aromatic heterocycles. The van der Waals surface area contributed by atoms with Gasteiger partial charge in [-0.2, -0.15) is 5.26 Å². The second-order valence-electron chi connectivity index (χ2n) is 5.06. The first kappa shape index (κ1) is 14.5. The Balaban J connectivity index is 2.73. The topological polar surface area (TPSA) is 59.0 Å². The van der Waals surface area contributed by atoms with Crippen molar-refractivity contribution in [1.29, 1.82) is 5.26 Å². The number of hydrogen-bond acceptors (Lipinski definition) is 3. The zero-order chi connectivity index (χ0) is 13.8. The quantitative estimate of drug-likeness (QED) is 0.873. The molecule has 1 aromatic carbocycles. The van der Waals surface area contributed by atoms with Crippen molar-refractivity contribution < 1.29 is 9.13 Å². The summed E-state index contributed by atoms with van der Waals surface area (Å²) in [5.41, 5.74) is 6.12. The number of nitriles is 1. The first-order chi connectivity index (χ1) is 8.35. The molecule has 4 heteroatoms. The van der Waals surface area contributed by atoms with Gasteiger partial charge >= 0.3 is 0 Å². The zero-order valence-corrected chi connectivity index (χ0v) is 11.0. The lowest BCUT2D eigenvalue weighted by Gasteiger charge is -2.18. The van der Waals surface area contributed by atoms with Crippen LogP contribution in [0.5, 0.6) is 5.75 Å². The summed E-state index contributed by atoms with van der Waals surface area (Å²) in [6.07, 6.45) is 0.582. The van der Waals surface area contributed by atoms with Gasteiger partial charge < -0.3 is 10.5 Å². The molecule has 0 heterocycles. The van der Waals surface area contributed by atoms with Crippen LogP contribution in [0, 0.1) is 22.6 Å². The lowest BCUT2D eigenvalue weighted by atomic mass is 9.92. The zero-order valence-electron chi connectivity index (χ0n) is 11.0. The molecule has 1 aromatic rings. The number of hydrogen-bond donors (Lipinski definition) is 1. The summed E-state index contributed by atoms with van der Waals surface area (Å²) in [7, 11) is 0. The Morgan fingerprint density at radius 2 is 2.17 bits per heavy atom. The number of benzene rings is 1. The summed E-state index contributed by atoms with van der Waals surface area (Å²) in [4.78, 5) is 0. The molecule has 0 fully saturated rings. The fraction of sp³-hybridized carbons (Fsp3) is 0.500. The Hall–Kier alpha value is -1.60. The van der Waals surface area contributed by atoms with Crippen LogP contribution >= 0.6 is 0 Å². The van der Waals surface area contributed by atoms with Gasteiger partial charge in [-0.1, -0.05) is 6.07 Å². The predicted molar refractivity (Wildman–Crippen MR) is 68.5 cm³/mol. The Bertz CT molecular complexity index is 450. The van der Waals surface area contributed by atoms with Gasteiger partial charge in [-0.05, 0) is 33.3 Å². The summed E-state index contributed by atoms with van der Waals surface area (Å²) in [5.74, 6) is 0.104. The van der Waals surface area contributed by atoms with Gasteiger partial charge in [0.15, 0.2) is 0 Å². The van der Waals surface area contributed by atoms with Crippen LogP contribution in [0.2, 0.25) is 0 Å². The standard InChI is InChI=1S/C14H19FN2O/c1-10(17)12-5-4-11(15)8-13(12)18-7-6-14(2,3)9-16/h4-5,8,10H,6-7,17H2,1-3H3/t10-/m0/s1. The third kappa shape index (κ3) is 4.01. The largest absolute Gasteiger partial charge is 0.493 e. The van der Waals surface area contributed by atoms with Gasteiger partial charge in [-0.25, -0.2) is 4.39 Å². The van der Waals surface area contributed by atoms with Crippen molar-refractivity contribution in [3.05, 3.63) is 29.6 Å². The van der Waals surface area contributed by atoms with E-state index in [1.54, 1.807) is 6.07 Å². The van der Waals surface area contributed by atoms with Gasteiger partial charge in [0.2, 0.25) is 0 Å². The second kappa shape index (κ2) is 5.83. The molecule has 0 saturated carbocycles. The third-order valence-electron chi connectivity index (χ3n) is 2.75. The van der Waals surface area contributed by atoms with Crippen LogP contribution in [-0.4, -0.2) is 6.61 Å². The number of rotatable bonds is 5. The normalized spacial score (nSPS) is 12.9. The highest BCUT2D eigenvalue weighted by atomic mass is 19.1. The van der Waals surface area contributed by atoms with Crippen LogP contribution in [-0.2, 0) is 0 Å². The van der Waals surface area contributed by atoms with E-state index in [0.29, 0.717) is 18.8 Å². The predicted octanol–water partition coefficient (Wildman–Crippen LogP) is 3.16. The van der Waals surface area contributed by atoms with E-state index in [2.05, 4.69) is 6.07 Å². The lowest BCUT2D eigenvalue weighted by Crippen LogP contribution is -2.15. The van der Waals surface area contributed by atoms with Crippen molar-refractivity contribution in [2.75, 3.05) is 6.61 Å². The number of nitrogens with zero attached hydrogens (tertiary/aromatic N) is 1. The summed E-state index contributed by atoms with van der Waals surface area (Å²) in [5, 5.41) is 8.89. The van der Waals surface area contributed by atoms with E-state index in [1.165, 1.54) is 12.1 Å². The van der Waals surface area contributed by atoms with Gasteiger partial charge in [0.1, 0.15) is 11.6 Å². The highest BCUT2D eigenvalue weighted by Gasteiger charge is 2.17. The molecule has 0 spiro atoms. The van der Waals surface area contributed by atoms with Crippen molar-refractivity contribution in [1.82, 2.24) is 0 Å². The van der Waals surface area contributed by atoms with Gasteiger partial charge in [0.25, 0.3) is 0 Å². The van der Waals surface area contributed by atoms with Crippen LogP contribution in [0.3, 0.4) is 0 Å². The van der Waals surface area contributed by atoms with E-state index in [1.807, 2.05) is 20.8 Å². The van der Waals surface area contributed by atoms with E-state index in [0.717, 1.165) is 5.56 Å². The fourth-order valence-corrected chi connectivity index (χ4v) is 1.48. The summed E-state index contributed by atoms with van der Waals surface area (Å²) in [6.45, 7) is 5.87. The Labute approximate surface area is 107 Å². The number of ether oxygens (including phenoxy) is 1. The molecule has 0 bridgehead atoms. The summed E-state index contributed by atoms with van der Waals surface area (Å²) in [6, 6.07) is 6.31. The van der Waals surface area contributed by atoms with Crippen molar-refractivity contribution in [2.45, 2.75) is 33.2 Å². The number of halogens is 1. The minimum atomic E-state index is -0.443. The number of nitrogens with two attached hydrogens (primary N) is 1. The second-order valence-corrected chi connectivity index (χ2v) is 5.06. The summed E-state index contributed by atoms with van der Waals surface area (Å²) >= 11 is 0. The fourth-order valence-electron chi connectivity index (χ4n) is 1.48. The molecule has 0 aliphatic heterocycles. The minimum absolute atomic E-state index is 0.218. The maximum atomic E-state index is 13.2. The molecule has 2 N–H and O–H groups in total. The van der Waals surface area contributed by atoms with Gasteiger partial charge in [-0.15, -0.1) is 0 Å². The van der Waals surface area contributed by atoms with Crippen LogP contribution < -0.4 is 10.5 Å². The van der Waals surface area contributed by atoms with Crippen molar-refractivity contribution in [3.8, 4) is 11.8 Å². The van der Waals surface area contributed by atoms with Crippen LogP contribution in [0.4, 0.5) is 4.39 Å². The van der Waals surface area contributed by atoms with E-state index < -0.39 is 5.41 Å². The molecule has 0 radical (unpaired) electrons. The highest BCUT2D eigenvalue weighted by molar-refractivity contribution is 5.36. The molecular weight excluding hydrogens is 231 g/mol. The average molecular weight is 250 g/mol. The van der Waals surface area contributed by atoms with Crippen LogP contribution in [0.25, 0.3) is 0 Å². The molecule has 0 amide bonds. The third-order valence-corrected chi connectivity index (χ3v) is 2.75. The molecule has 0 saturated heterocycles. The molecule has 0 aliphatic rings. The smallest absolute Gasteiger partial charge is 0.126 e. The van der Waals surface area contributed by atoms with Crippen molar-refractivity contribution in [2.24, 2.45) is 11.1 Å². The highest BCUT2D eigenvalue weighted by Crippen LogP contribution is 2.26. The minimum Gasteiger partial charge on any atom is -0.493 e. The molecule has 1 atom stereocenters. The van der Waals surface area contributed by atoms with Crippen LogP contribution in [0.15, 0.2) is 18.2 Å². The maximum Gasteiger partial charge on any atom is 0.126 e. The molecule has 18 heavy (non-hydrogen) atoms. The first-order valence-corrected chi connectivity index (χ1v) is 5.95. The van der Waals surface area contributed by atoms with Crippen molar-refractivity contribution >= 4 is 0 Å². The van der Waals surface area contributed by atoms with Gasteiger partial charge in [0, 0.05) is 17.7 Å². The first-order valence-electron chi connectivity index (χ1n) is 5.95. The lowest BCUT2D eigenvalue weighted by molar-refractivity contribution is 0.260. The average Bonchev–Trinajstić information content (AvgIpc) is 2.28. The monoisotopic (exact) mass is 250 g/mol. The van der Waals surface area contributed by atoms with Gasteiger partial charge in [-0.3, -0.25) is 0 Å². The van der Waals surface area contributed by atoms with E-state index in [-0.39, 0.29) is 11.9 Å². The van der Waals surface area contributed by atoms with Gasteiger partial charge in [0.05, 0.1) is 18.1 Å². The molecule has 0 unspecified atom stereocenters. The van der Waals surface area contributed by atoms with E-state index in [4.69, 9.17) is 15.7 Å². The Morgan fingerprint density at radius 1 is 1.50 bits per heavy atom. The molecule has 0 aliphatic carbocycles. The van der Waals surface area contributed by atoms with E-state index >= 15 is 0 Å². The Kier molecular flexibility index (Phi) is 4.69. The SMILES string of the molecule is C[C@H](N)c1ccc(F)cc1OCCC(C)(C)C#N. The Morgan fingerprint density at radius 3 is 2.72 bits per heavy atom. The molecule has 3 nitrogen and oxygen atoms in total. The van der Waals surface area contributed by atoms with Crippen molar-refractivity contribution in [3.63, 3.8) is 0 Å². The molecular formula is C14H19FN2O. The maximum absolute atomic E-state index is 13.2.